The van der Waals surface area contributed by atoms with Crippen LogP contribution in [-0.2, 0) is 4.74 Å². The van der Waals surface area contributed by atoms with Crippen molar-refractivity contribution >= 4 is 12.6 Å². The molecule has 0 spiro atoms. The van der Waals surface area contributed by atoms with Gasteiger partial charge >= 0.3 is 0 Å². The molecule has 0 radical (unpaired) electrons. The Labute approximate surface area is 68.0 Å². The van der Waals surface area contributed by atoms with Crippen molar-refractivity contribution in [1.82, 2.24) is 4.90 Å². The Morgan fingerprint density at radius 3 is 2.70 bits per heavy atom. The van der Waals surface area contributed by atoms with E-state index in [1.165, 1.54) is 0 Å². The highest BCUT2D eigenvalue weighted by molar-refractivity contribution is 7.80. The van der Waals surface area contributed by atoms with E-state index in [0.29, 0.717) is 6.04 Å². The van der Waals surface area contributed by atoms with Gasteiger partial charge in [0, 0.05) is 19.1 Å². The van der Waals surface area contributed by atoms with Gasteiger partial charge in [0.1, 0.15) is 5.44 Å². The molecule has 0 aromatic heterocycles. The minimum Gasteiger partial charge on any atom is -0.365 e. The van der Waals surface area contributed by atoms with E-state index in [-0.39, 0.29) is 5.44 Å². The van der Waals surface area contributed by atoms with Crippen LogP contribution in [0.3, 0.4) is 0 Å². The molecule has 1 fully saturated rings. The van der Waals surface area contributed by atoms with Crippen molar-refractivity contribution in [2.75, 3.05) is 19.7 Å². The minimum atomic E-state index is 0.121. The summed E-state index contributed by atoms with van der Waals surface area (Å²) in [6.45, 7) is 7.24. The molecule has 0 saturated carbocycles. The molecule has 0 aromatic carbocycles. The largest absolute Gasteiger partial charge is 0.365 e. The van der Waals surface area contributed by atoms with E-state index in [2.05, 4.69) is 31.4 Å². The Hall–Kier alpha value is 0.270. The van der Waals surface area contributed by atoms with Crippen LogP contribution in [-0.4, -0.2) is 36.1 Å². The molecule has 1 heterocycles. The SMILES string of the molecule is CC(C)N1CCO[C@H](S)C1. The molecule has 10 heavy (non-hydrogen) atoms. The van der Waals surface area contributed by atoms with Crippen molar-refractivity contribution in [3.8, 4) is 0 Å². The van der Waals surface area contributed by atoms with Gasteiger partial charge in [-0.25, -0.2) is 0 Å². The second-order valence-electron chi connectivity index (χ2n) is 2.91. The smallest absolute Gasteiger partial charge is 0.113 e. The van der Waals surface area contributed by atoms with Crippen molar-refractivity contribution in [2.45, 2.75) is 25.3 Å². The Balaban J connectivity index is 2.32. The second-order valence-corrected chi connectivity index (χ2v) is 3.49. The third-order valence-electron chi connectivity index (χ3n) is 1.81. The summed E-state index contributed by atoms with van der Waals surface area (Å²) in [5.74, 6) is 0. The van der Waals surface area contributed by atoms with Gasteiger partial charge in [0.05, 0.1) is 6.61 Å². The topological polar surface area (TPSA) is 12.5 Å². The van der Waals surface area contributed by atoms with Crippen molar-refractivity contribution in [3.05, 3.63) is 0 Å². The van der Waals surface area contributed by atoms with Crippen LogP contribution in [0.1, 0.15) is 13.8 Å². The maximum Gasteiger partial charge on any atom is 0.113 e. The van der Waals surface area contributed by atoms with E-state index in [1.54, 1.807) is 0 Å². The molecular formula is C7H15NOS. The molecule has 1 atom stereocenters. The van der Waals surface area contributed by atoms with Crippen molar-refractivity contribution < 1.29 is 4.74 Å². The van der Waals surface area contributed by atoms with Crippen LogP contribution in [0.4, 0.5) is 0 Å². The molecule has 1 saturated heterocycles. The van der Waals surface area contributed by atoms with Gasteiger partial charge < -0.3 is 4.74 Å². The Kier molecular flexibility index (Phi) is 3.01. The molecule has 60 valence electrons. The van der Waals surface area contributed by atoms with E-state index in [1.807, 2.05) is 0 Å². The maximum atomic E-state index is 5.28. The Morgan fingerprint density at radius 2 is 2.30 bits per heavy atom. The van der Waals surface area contributed by atoms with Crippen molar-refractivity contribution in [3.63, 3.8) is 0 Å². The zero-order valence-corrected chi connectivity index (χ0v) is 7.47. The first-order valence-corrected chi connectivity index (χ1v) is 4.25. The molecule has 1 aliphatic heterocycles. The van der Waals surface area contributed by atoms with Crippen LogP contribution in [0.15, 0.2) is 0 Å². The lowest BCUT2D eigenvalue weighted by atomic mass is 10.3. The summed E-state index contributed by atoms with van der Waals surface area (Å²) in [5, 5.41) is 0. The first kappa shape index (κ1) is 8.37. The summed E-state index contributed by atoms with van der Waals surface area (Å²) >= 11 is 4.25. The molecule has 0 aliphatic carbocycles. The minimum absolute atomic E-state index is 0.121. The predicted molar refractivity (Wildman–Crippen MR) is 45.4 cm³/mol. The van der Waals surface area contributed by atoms with E-state index >= 15 is 0 Å². The fourth-order valence-corrected chi connectivity index (χ4v) is 1.43. The number of ether oxygens (including phenoxy) is 1. The van der Waals surface area contributed by atoms with Crippen LogP contribution in [0.25, 0.3) is 0 Å². The molecular weight excluding hydrogens is 146 g/mol. The van der Waals surface area contributed by atoms with Crippen LogP contribution in [0.5, 0.6) is 0 Å². The van der Waals surface area contributed by atoms with Crippen LogP contribution >= 0.6 is 12.6 Å². The molecule has 2 nitrogen and oxygen atoms in total. The monoisotopic (exact) mass is 161 g/mol. The molecule has 1 rings (SSSR count). The maximum absolute atomic E-state index is 5.28. The molecule has 0 amide bonds. The summed E-state index contributed by atoms with van der Waals surface area (Å²) in [6, 6.07) is 0.624. The summed E-state index contributed by atoms with van der Waals surface area (Å²) < 4.78 is 5.28. The lowest BCUT2D eigenvalue weighted by Gasteiger charge is -2.33. The first-order chi connectivity index (χ1) is 4.70. The lowest BCUT2D eigenvalue weighted by Crippen LogP contribution is -2.43. The van der Waals surface area contributed by atoms with Gasteiger partial charge in [0.15, 0.2) is 0 Å². The van der Waals surface area contributed by atoms with E-state index < -0.39 is 0 Å². The molecule has 0 aromatic rings. The highest BCUT2D eigenvalue weighted by Crippen LogP contribution is 2.10. The van der Waals surface area contributed by atoms with Crippen LogP contribution < -0.4 is 0 Å². The molecule has 0 unspecified atom stereocenters. The number of hydrogen-bond acceptors (Lipinski definition) is 3. The van der Waals surface area contributed by atoms with Gasteiger partial charge in [0.25, 0.3) is 0 Å². The zero-order valence-electron chi connectivity index (χ0n) is 6.58. The first-order valence-electron chi connectivity index (χ1n) is 3.74. The van der Waals surface area contributed by atoms with Crippen molar-refractivity contribution in [2.24, 2.45) is 0 Å². The molecule has 3 heteroatoms. The number of thiol groups is 1. The Bertz CT molecular complexity index is 108. The molecule has 0 bridgehead atoms. The number of hydrogen-bond donors (Lipinski definition) is 1. The third-order valence-corrected chi connectivity index (χ3v) is 2.12. The standard InChI is InChI=1S/C7H15NOS/c1-6(2)8-3-4-9-7(10)5-8/h6-7,10H,3-5H2,1-2H3/t7-/m1/s1. The zero-order chi connectivity index (χ0) is 7.56. The van der Waals surface area contributed by atoms with Crippen LogP contribution in [0, 0.1) is 0 Å². The number of nitrogens with zero attached hydrogens (tertiary/aromatic N) is 1. The third kappa shape index (κ3) is 2.15. The van der Waals surface area contributed by atoms with Crippen LogP contribution in [0.2, 0.25) is 0 Å². The molecule has 1 aliphatic rings. The number of rotatable bonds is 1. The molecule has 0 N–H and O–H groups in total. The fourth-order valence-electron chi connectivity index (χ4n) is 1.12. The van der Waals surface area contributed by atoms with Gasteiger partial charge in [-0.3, -0.25) is 4.90 Å². The Morgan fingerprint density at radius 1 is 1.60 bits per heavy atom. The van der Waals surface area contributed by atoms with Gasteiger partial charge in [0.2, 0.25) is 0 Å². The summed E-state index contributed by atoms with van der Waals surface area (Å²) in [4.78, 5) is 2.38. The quantitative estimate of drug-likeness (QED) is 0.576. The van der Waals surface area contributed by atoms with E-state index in [4.69, 9.17) is 4.74 Å². The van der Waals surface area contributed by atoms with Gasteiger partial charge in [-0.05, 0) is 13.8 Å². The summed E-state index contributed by atoms with van der Waals surface area (Å²) in [5.41, 5.74) is 0.121. The van der Waals surface area contributed by atoms with Gasteiger partial charge in [-0.1, -0.05) is 0 Å². The van der Waals surface area contributed by atoms with Crippen molar-refractivity contribution in [1.29, 1.82) is 0 Å². The summed E-state index contributed by atoms with van der Waals surface area (Å²) in [6.07, 6.45) is 0. The second kappa shape index (κ2) is 3.60. The number of morpholine rings is 1. The van der Waals surface area contributed by atoms with Gasteiger partial charge in [-0.2, -0.15) is 0 Å². The van der Waals surface area contributed by atoms with E-state index in [0.717, 1.165) is 19.7 Å². The highest BCUT2D eigenvalue weighted by atomic mass is 32.1. The average molecular weight is 161 g/mol. The normalized spacial score (nSPS) is 29.4. The average Bonchev–Trinajstić information content (AvgIpc) is 1.88. The fraction of sp³-hybridized carbons (Fsp3) is 1.00. The predicted octanol–water partition coefficient (Wildman–Crippen LogP) is 0.983. The highest BCUT2D eigenvalue weighted by Gasteiger charge is 2.18. The summed E-state index contributed by atoms with van der Waals surface area (Å²) in [7, 11) is 0. The van der Waals surface area contributed by atoms with Gasteiger partial charge in [-0.15, -0.1) is 12.6 Å². The van der Waals surface area contributed by atoms with E-state index in [9.17, 15) is 0 Å². The lowest BCUT2D eigenvalue weighted by molar-refractivity contribution is 0.00630.